The number of aromatic nitrogens is 2. The third-order valence-corrected chi connectivity index (χ3v) is 3.61. The first kappa shape index (κ1) is 16.7. The molecule has 128 valence electrons. The van der Waals surface area contributed by atoms with Crippen LogP contribution >= 0.6 is 0 Å². The smallest absolute Gasteiger partial charge is 0.258 e. The van der Waals surface area contributed by atoms with Crippen LogP contribution in [-0.4, -0.2) is 22.7 Å². The summed E-state index contributed by atoms with van der Waals surface area (Å²) in [4.78, 5) is 16.3. The summed E-state index contributed by atoms with van der Waals surface area (Å²) < 4.78 is 10.7. The fourth-order valence-corrected chi connectivity index (χ4v) is 2.24. The van der Waals surface area contributed by atoms with Gasteiger partial charge in [0.05, 0.1) is 0 Å². The van der Waals surface area contributed by atoms with Crippen LogP contribution in [-0.2, 0) is 4.79 Å². The Morgan fingerprint density at radius 3 is 2.60 bits per heavy atom. The third kappa shape index (κ3) is 4.44. The molecule has 1 aromatic heterocycles. The lowest BCUT2D eigenvalue weighted by Gasteiger charge is -2.10. The van der Waals surface area contributed by atoms with Crippen LogP contribution in [0.5, 0.6) is 5.75 Å². The van der Waals surface area contributed by atoms with Crippen molar-refractivity contribution in [1.82, 2.24) is 15.5 Å². The van der Waals surface area contributed by atoms with E-state index >= 15 is 0 Å². The van der Waals surface area contributed by atoms with E-state index in [1.165, 1.54) is 0 Å². The van der Waals surface area contributed by atoms with Crippen molar-refractivity contribution >= 4 is 5.91 Å². The Bertz CT molecular complexity index is 829. The van der Waals surface area contributed by atoms with Crippen molar-refractivity contribution in [3.05, 3.63) is 66.1 Å². The maximum atomic E-state index is 12.0. The highest BCUT2D eigenvalue weighted by atomic mass is 16.5. The molecule has 0 aliphatic rings. The zero-order valence-electron chi connectivity index (χ0n) is 14.1. The van der Waals surface area contributed by atoms with Gasteiger partial charge in [0.1, 0.15) is 11.8 Å². The summed E-state index contributed by atoms with van der Waals surface area (Å²) in [5, 5.41) is 6.75. The second-order valence-corrected chi connectivity index (χ2v) is 5.71. The highest BCUT2D eigenvalue weighted by Gasteiger charge is 2.17. The van der Waals surface area contributed by atoms with Crippen molar-refractivity contribution in [3.8, 4) is 17.1 Å². The molecule has 0 saturated heterocycles. The molecule has 1 N–H and O–H groups in total. The van der Waals surface area contributed by atoms with Crippen LogP contribution in [0.3, 0.4) is 0 Å². The maximum absolute atomic E-state index is 12.0. The molecule has 0 bridgehead atoms. The van der Waals surface area contributed by atoms with Gasteiger partial charge in [-0.15, -0.1) is 0 Å². The Balaban J connectivity index is 1.57. The van der Waals surface area contributed by atoms with Crippen molar-refractivity contribution in [2.45, 2.75) is 19.9 Å². The number of hydrogen-bond acceptors (Lipinski definition) is 5. The number of nitrogens with one attached hydrogen (secondary N) is 1. The van der Waals surface area contributed by atoms with Crippen molar-refractivity contribution < 1.29 is 14.1 Å². The van der Waals surface area contributed by atoms with Gasteiger partial charge in [-0.05, 0) is 26.0 Å². The van der Waals surface area contributed by atoms with E-state index < -0.39 is 6.04 Å². The predicted molar refractivity (Wildman–Crippen MR) is 93.0 cm³/mol. The number of nitrogens with zero attached hydrogens (tertiary/aromatic N) is 2. The first-order valence-corrected chi connectivity index (χ1v) is 7.99. The Morgan fingerprint density at radius 1 is 1.16 bits per heavy atom. The number of rotatable bonds is 6. The van der Waals surface area contributed by atoms with Crippen LogP contribution in [0.1, 0.15) is 24.4 Å². The lowest BCUT2D eigenvalue weighted by Crippen LogP contribution is -2.31. The molecule has 25 heavy (non-hydrogen) atoms. The first-order chi connectivity index (χ1) is 12.1. The number of ether oxygens (including phenoxy) is 1. The van der Waals surface area contributed by atoms with Gasteiger partial charge in [0.2, 0.25) is 11.7 Å². The van der Waals surface area contributed by atoms with Gasteiger partial charge in [-0.1, -0.05) is 53.2 Å². The lowest BCUT2D eigenvalue weighted by atomic mass is 10.1. The normalized spacial score (nSPS) is 11.8. The average Bonchev–Trinajstić information content (AvgIpc) is 3.12. The second-order valence-electron chi connectivity index (χ2n) is 5.71. The fourth-order valence-electron chi connectivity index (χ4n) is 2.24. The van der Waals surface area contributed by atoms with Gasteiger partial charge in [0.15, 0.2) is 6.61 Å². The standard InChI is InChI=1S/C19H19N3O3/c1-13-8-10-15(11-9-13)18-21-19(25-22-18)14(2)20-17(23)12-24-16-6-4-3-5-7-16/h3-11,14H,12H2,1-2H3,(H,20,23)/t14-/m0/s1. The summed E-state index contributed by atoms with van der Waals surface area (Å²) in [6.45, 7) is 3.72. The minimum absolute atomic E-state index is 0.0761. The molecule has 0 saturated carbocycles. The monoisotopic (exact) mass is 337 g/mol. The maximum Gasteiger partial charge on any atom is 0.258 e. The minimum Gasteiger partial charge on any atom is -0.484 e. The predicted octanol–water partition coefficient (Wildman–Crippen LogP) is 3.30. The van der Waals surface area contributed by atoms with Gasteiger partial charge in [-0.25, -0.2) is 0 Å². The SMILES string of the molecule is Cc1ccc(-c2noc([C@H](C)NC(=O)COc3ccccc3)n2)cc1. The molecule has 0 fully saturated rings. The van der Waals surface area contributed by atoms with Gasteiger partial charge in [0.25, 0.3) is 5.91 Å². The molecular formula is C19H19N3O3. The number of benzene rings is 2. The Kier molecular flexibility index (Phi) is 5.09. The van der Waals surface area contributed by atoms with Gasteiger partial charge < -0.3 is 14.6 Å². The Morgan fingerprint density at radius 2 is 1.88 bits per heavy atom. The van der Waals surface area contributed by atoms with E-state index in [1.54, 1.807) is 19.1 Å². The summed E-state index contributed by atoms with van der Waals surface area (Å²) in [5.41, 5.74) is 2.03. The fraction of sp³-hybridized carbons (Fsp3) is 0.211. The zero-order valence-corrected chi connectivity index (χ0v) is 14.1. The van der Waals surface area contributed by atoms with Crippen LogP contribution in [0.25, 0.3) is 11.4 Å². The van der Waals surface area contributed by atoms with Crippen LogP contribution in [0.15, 0.2) is 59.1 Å². The minimum atomic E-state index is -0.404. The number of amides is 1. The number of aryl methyl sites for hydroxylation is 1. The highest BCUT2D eigenvalue weighted by molar-refractivity contribution is 5.77. The number of carbonyl (C=O) groups is 1. The molecule has 1 atom stereocenters. The van der Waals surface area contributed by atoms with E-state index in [0.29, 0.717) is 17.5 Å². The van der Waals surface area contributed by atoms with E-state index in [1.807, 2.05) is 49.4 Å². The molecule has 3 rings (SSSR count). The van der Waals surface area contributed by atoms with E-state index in [-0.39, 0.29) is 12.5 Å². The molecule has 0 aliphatic heterocycles. The number of carbonyl (C=O) groups excluding carboxylic acids is 1. The third-order valence-electron chi connectivity index (χ3n) is 3.61. The molecular weight excluding hydrogens is 318 g/mol. The van der Waals surface area contributed by atoms with E-state index in [2.05, 4.69) is 15.5 Å². The van der Waals surface area contributed by atoms with Crippen LogP contribution < -0.4 is 10.1 Å². The lowest BCUT2D eigenvalue weighted by molar-refractivity contribution is -0.123. The van der Waals surface area contributed by atoms with Crippen molar-refractivity contribution in [2.24, 2.45) is 0 Å². The Hall–Kier alpha value is -3.15. The van der Waals surface area contributed by atoms with E-state index in [0.717, 1.165) is 11.1 Å². The number of para-hydroxylation sites is 1. The quantitative estimate of drug-likeness (QED) is 0.747. The molecule has 3 aromatic rings. The van der Waals surface area contributed by atoms with Crippen LogP contribution in [0.2, 0.25) is 0 Å². The zero-order chi connectivity index (χ0) is 17.6. The van der Waals surface area contributed by atoms with E-state index in [4.69, 9.17) is 9.26 Å². The van der Waals surface area contributed by atoms with Crippen molar-refractivity contribution in [1.29, 1.82) is 0 Å². The van der Waals surface area contributed by atoms with Gasteiger partial charge >= 0.3 is 0 Å². The number of hydrogen-bond donors (Lipinski definition) is 1. The topological polar surface area (TPSA) is 77.2 Å². The molecule has 1 amide bonds. The first-order valence-electron chi connectivity index (χ1n) is 7.99. The van der Waals surface area contributed by atoms with Crippen LogP contribution in [0, 0.1) is 6.92 Å². The molecule has 0 aliphatic carbocycles. The average molecular weight is 337 g/mol. The summed E-state index contributed by atoms with van der Waals surface area (Å²) >= 11 is 0. The van der Waals surface area contributed by atoms with E-state index in [9.17, 15) is 4.79 Å². The molecule has 0 radical (unpaired) electrons. The largest absolute Gasteiger partial charge is 0.484 e. The van der Waals surface area contributed by atoms with Gasteiger partial charge in [0, 0.05) is 5.56 Å². The molecule has 0 unspecified atom stereocenters. The summed E-state index contributed by atoms with van der Waals surface area (Å²) in [5.74, 6) is 1.23. The molecule has 2 aromatic carbocycles. The Labute approximate surface area is 145 Å². The highest BCUT2D eigenvalue weighted by Crippen LogP contribution is 2.19. The molecule has 6 heteroatoms. The van der Waals surface area contributed by atoms with Crippen molar-refractivity contribution in [3.63, 3.8) is 0 Å². The van der Waals surface area contributed by atoms with Crippen LogP contribution in [0.4, 0.5) is 0 Å². The van der Waals surface area contributed by atoms with Gasteiger partial charge in [-0.2, -0.15) is 4.98 Å². The summed E-state index contributed by atoms with van der Waals surface area (Å²) in [6, 6.07) is 16.6. The summed E-state index contributed by atoms with van der Waals surface area (Å²) in [6.07, 6.45) is 0. The molecule has 6 nitrogen and oxygen atoms in total. The van der Waals surface area contributed by atoms with Crippen molar-refractivity contribution in [2.75, 3.05) is 6.61 Å². The molecule has 0 spiro atoms. The molecule has 1 heterocycles. The summed E-state index contributed by atoms with van der Waals surface area (Å²) in [7, 11) is 0. The van der Waals surface area contributed by atoms with Gasteiger partial charge in [-0.3, -0.25) is 4.79 Å². The second kappa shape index (κ2) is 7.61.